The van der Waals surface area contributed by atoms with E-state index in [1.807, 2.05) is 18.2 Å². The lowest BCUT2D eigenvalue weighted by Crippen LogP contribution is -2.14. The Morgan fingerprint density at radius 1 is 1.07 bits per heavy atom. The van der Waals surface area contributed by atoms with Gasteiger partial charge in [0, 0.05) is 12.6 Å². The first kappa shape index (κ1) is 21.3. The predicted molar refractivity (Wildman–Crippen MR) is 116 cm³/mol. The van der Waals surface area contributed by atoms with E-state index in [9.17, 15) is 9.90 Å². The number of phenols is 1. The van der Waals surface area contributed by atoms with Crippen molar-refractivity contribution < 1.29 is 14.6 Å². The number of hydrogen-bond donors (Lipinski definition) is 3. The molecular weight excluding hydrogens is 364 g/mol. The molecule has 0 bridgehead atoms. The Morgan fingerprint density at radius 3 is 2.59 bits per heavy atom. The molecule has 0 spiro atoms. The van der Waals surface area contributed by atoms with Crippen LogP contribution in [0.25, 0.3) is 0 Å². The third-order valence-corrected chi connectivity index (χ3v) is 5.62. The molecule has 3 rings (SSSR count). The maximum atomic E-state index is 12.1. The van der Waals surface area contributed by atoms with Gasteiger partial charge in [0.1, 0.15) is 5.75 Å². The number of fused-ring (bicyclic) bond motifs is 1. The number of nitrogens with one attached hydrogen (secondary N) is 1. The number of anilines is 1. The summed E-state index contributed by atoms with van der Waals surface area (Å²) in [5, 5.41) is 12.9. The maximum absolute atomic E-state index is 12.1. The molecule has 1 aliphatic rings. The molecule has 0 saturated heterocycles. The van der Waals surface area contributed by atoms with Crippen LogP contribution in [-0.4, -0.2) is 24.0 Å². The van der Waals surface area contributed by atoms with Gasteiger partial charge >= 0.3 is 0 Å². The molecular formula is C24H32N2O3. The first-order valence-electron chi connectivity index (χ1n) is 10.6. The van der Waals surface area contributed by atoms with Gasteiger partial charge in [-0.05, 0) is 37.0 Å². The minimum atomic E-state index is -0.178. The lowest BCUT2D eigenvalue weighted by molar-refractivity contribution is 0.0627. The molecule has 4 N–H and O–H groups in total. The molecule has 0 amide bonds. The van der Waals surface area contributed by atoms with Crippen molar-refractivity contribution in [3.05, 3.63) is 59.2 Å². The fourth-order valence-electron chi connectivity index (χ4n) is 3.89. The van der Waals surface area contributed by atoms with Crippen LogP contribution in [0.2, 0.25) is 0 Å². The highest BCUT2D eigenvalue weighted by Crippen LogP contribution is 2.37. The number of hydrogen-bond acceptors (Lipinski definition) is 5. The predicted octanol–water partition coefficient (Wildman–Crippen LogP) is 5.12. The smallest absolute Gasteiger partial charge is 0.184 e. The van der Waals surface area contributed by atoms with Crippen LogP contribution in [0, 0.1) is 0 Å². The molecule has 29 heavy (non-hydrogen) atoms. The van der Waals surface area contributed by atoms with Crippen LogP contribution in [0.4, 0.5) is 5.69 Å². The SMILES string of the molecule is CC(OCCCCCCCC(N)c1ccc(O)c2c1C(=O)CN2)c1ccccc1. The maximum Gasteiger partial charge on any atom is 0.184 e. The Labute approximate surface area is 173 Å². The third-order valence-electron chi connectivity index (χ3n) is 5.62. The molecule has 2 atom stereocenters. The molecule has 0 radical (unpaired) electrons. The monoisotopic (exact) mass is 396 g/mol. The van der Waals surface area contributed by atoms with Crippen LogP contribution < -0.4 is 11.1 Å². The Balaban J connectivity index is 1.31. The number of carbonyl (C=O) groups excluding carboxylic acids is 1. The van der Waals surface area contributed by atoms with Gasteiger partial charge in [0.05, 0.1) is 23.9 Å². The van der Waals surface area contributed by atoms with Gasteiger partial charge in [-0.15, -0.1) is 0 Å². The van der Waals surface area contributed by atoms with Crippen LogP contribution in [0.3, 0.4) is 0 Å². The van der Waals surface area contributed by atoms with E-state index in [1.165, 1.54) is 5.56 Å². The number of nitrogens with two attached hydrogens (primary N) is 1. The number of carbonyl (C=O) groups is 1. The first-order chi connectivity index (χ1) is 14.1. The normalized spacial score (nSPS) is 15.0. The molecule has 0 aliphatic carbocycles. The fourth-order valence-corrected chi connectivity index (χ4v) is 3.89. The highest BCUT2D eigenvalue weighted by atomic mass is 16.5. The second-order valence-electron chi connectivity index (χ2n) is 7.79. The Morgan fingerprint density at radius 2 is 1.79 bits per heavy atom. The van der Waals surface area contributed by atoms with Gasteiger partial charge in [-0.2, -0.15) is 0 Å². The fraction of sp³-hybridized carbons (Fsp3) is 0.458. The van der Waals surface area contributed by atoms with Crippen LogP contribution in [0.1, 0.15) is 79.1 Å². The molecule has 156 valence electrons. The highest BCUT2D eigenvalue weighted by molar-refractivity contribution is 6.10. The highest BCUT2D eigenvalue weighted by Gasteiger charge is 2.27. The van der Waals surface area contributed by atoms with E-state index < -0.39 is 0 Å². The zero-order valence-electron chi connectivity index (χ0n) is 17.2. The van der Waals surface area contributed by atoms with Crippen molar-refractivity contribution >= 4 is 11.5 Å². The van der Waals surface area contributed by atoms with Crippen molar-refractivity contribution in [2.24, 2.45) is 5.73 Å². The standard InChI is InChI=1S/C24H32N2O3/c1-17(18-10-6-5-7-11-18)29-15-9-4-2-3-8-12-20(25)19-13-14-21(27)24-23(19)22(28)16-26-24/h5-7,10-11,13-14,17,20,26-27H,2-4,8-9,12,15-16,25H2,1H3. The van der Waals surface area contributed by atoms with Crippen LogP contribution in [0.5, 0.6) is 5.75 Å². The number of unbranched alkanes of at least 4 members (excludes halogenated alkanes) is 4. The lowest BCUT2D eigenvalue weighted by Gasteiger charge is -2.16. The molecule has 0 aromatic heterocycles. The van der Waals surface area contributed by atoms with E-state index in [0.717, 1.165) is 50.7 Å². The number of aromatic hydroxyl groups is 1. The van der Waals surface area contributed by atoms with Crippen molar-refractivity contribution in [3.63, 3.8) is 0 Å². The Kier molecular flexibility index (Phi) is 7.67. The van der Waals surface area contributed by atoms with Gasteiger partial charge in [-0.25, -0.2) is 0 Å². The summed E-state index contributed by atoms with van der Waals surface area (Å²) in [4.78, 5) is 12.1. The van der Waals surface area contributed by atoms with E-state index in [1.54, 1.807) is 12.1 Å². The third kappa shape index (κ3) is 5.58. The molecule has 1 heterocycles. The summed E-state index contributed by atoms with van der Waals surface area (Å²) < 4.78 is 5.91. The average Bonchev–Trinajstić information content (AvgIpc) is 3.13. The second-order valence-corrected chi connectivity index (χ2v) is 7.79. The van der Waals surface area contributed by atoms with E-state index in [0.29, 0.717) is 11.3 Å². The van der Waals surface area contributed by atoms with E-state index in [-0.39, 0.29) is 30.2 Å². The molecule has 5 nitrogen and oxygen atoms in total. The van der Waals surface area contributed by atoms with Crippen LogP contribution in [0.15, 0.2) is 42.5 Å². The lowest BCUT2D eigenvalue weighted by atomic mass is 9.94. The van der Waals surface area contributed by atoms with Crippen LogP contribution >= 0.6 is 0 Å². The summed E-state index contributed by atoms with van der Waals surface area (Å²) in [5.41, 5.74) is 9.52. The van der Waals surface area contributed by atoms with Gasteiger partial charge in [-0.1, -0.05) is 62.1 Å². The van der Waals surface area contributed by atoms with Crippen molar-refractivity contribution in [1.82, 2.24) is 0 Å². The summed E-state index contributed by atoms with van der Waals surface area (Å²) in [6.45, 7) is 3.11. The van der Waals surface area contributed by atoms with E-state index in [2.05, 4.69) is 24.4 Å². The van der Waals surface area contributed by atoms with Gasteiger partial charge in [0.25, 0.3) is 0 Å². The molecule has 5 heteroatoms. The number of Topliss-reactive ketones (excluding diaryl/α,β-unsaturated/α-hetero) is 1. The summed E-state index contributed by atoms with van der Waals surface area (Å²) in [6.07, 6.45) is 6.49. The number of ketones is 1. The molecule has 1 aliphatic heterocycles. The number of rotatable bonds is 11. The number of benzene rings is 2. The Hall–Kier alpha value is -2.37. The van der Waals surface area contributed by atoms with Gasteiger partial charge < -0.3 is 20.9 Å². The topological polar surface area (TPSA) is 84.6 Å². The minimum Gasteiger partial charge on any atom is -0.506 e. The molecule has 0 saturated carbocycles. The quantitative estimate of drug-likeness (QED) is 0.363. The number of phenolic OH excluding ortho intramolecular Hbond substituents is 1. The molecule has 2 unspecified atom stereocenters. The summed E-state index contributed by atoms with van der Waals surface area (Å²) in [5.74, 6) is 0.122. The average molecular weight is 397 g/mol. The summed E-state index contributed by atoms with van der Waals surface area (Å²) >= 11 is 0. The zero-order valence-corrected chi connectivity index (χ0v) is 17.2. The summed E-state index contributed by atoms with van der Waals surface area (Å²) in [6, 6.07) is 13.5. The van der Waals surface area contributed by atoms with E-state index in [4.69, 9.17) is 10.5 Å². The zero-order chi connectivity index (χ0) is 20.6. The Bertz CT molecular complexity index is 807. The molecule has 2 aromatic rings. The van der Waals surface area contributed by atoms with Gasteiger partial charge in [-0.3, -0.25) is 4.79 Å². The van der Waals surface area contributed by atoms with Crippen molar-refractivity contribution in [3.8, 4) is 5.75 Å². The molecule has 2 aromatic carbocycles. The van der Waals surface area contributed by atoms with Crippen LogP contribution in [-0.2, 0) is 4.74 Å². The molecule has 0 fully saturated rings. The second kappa shape index (κ2) is 10.4. The van der Waals surface area contributed by atoms with E-state index >= 15 is 0 Å². The van der Waals surface area contributed by atoms with Gasteiger partial charge in [0.15, 0.2) is 5.78 Å². The number of ether oxygens (including phenoxy) is 1. The minimum absolute atomic E-state index is 0.00563. The van der Waals surface area contributed by atoms with Crippen molar-refractivity contribution in [1.29, 1.82) is 0 Å². The van der Waals surface area contributed by atoms with Gasteiger partial charge in [0.2, 0.25) is 0 Å². The first-order valence-corrected chi connectivity index (χ1v) is 10.6. The largest absolute Gasteiger partial charge is 0.506 e. The summed E-state index contributed by atoms with van der Waals surface area (Å²) in [7, 11) is 0. The van der Waals surface area contributed by atoms with Crippen molar-refractivity contribution in [2.75, 3.05) is 18.5 Å². The van der Waals surface area contributed by atoms with Crippen molar-refractivity contribution in [2.45, 2.75) is 57.6 Å².